The van der Waals surface area contributed by atoms with Crippen LogP contribution >= 0.6 is 0 Å². The van der Waals surface area contributed by atoms with Crippen molar-refractivity contribution in [2.45, 2.75) is 51.8 Å². The summed E-state index contributed by atoms with van der Waals surface area (Å²) in [5.74, 6) is 0.235. The lowest BCUT2D eigenvalue weighted by atomic mass is 10.1. The summed E-state index contributed by atoms with van der Waals surface area (Å²) in [5.41, 5.74) is 1.84. The van der Waals surface area contributed by atoms with Gasteiger partial charge in [0.1, 0.15) is 5.75 Å². The molecule has 0 aliphatic heterocycles. The zero-order valence-corrected chi connectivity index (χ0v) is 12.4. The molecule has 0 radical (unpaired) electrons. The van der Waals surface area contributed by atoms with Gasteiger partial charge in [0.25, 0.3) is 0 Å². The second kappa shape index (κ2) is 7.38. The van der Waals surface area contributed by atoms with Gasteiger partial charge in [-0.2, -0.15) is 0 Å². The van der Waals surface area contributed by atoms with E-state index in [1.165, 1.54) is 0 Å². The summed E-state index contributed by atoms with van der Waals surface area (Å²) >= 11 is 0. The van der Waals surface area contributed by atoms with Crippen LogP contribution < -0.4 is 10.6 Å². The molecular formula is C15H23N3O3. The normalized spacial score (nSPS) is 14.2. The highest BCUT2D eigenvalue weighted by atomic mass is 16.3. The molecule has 21 heavy (non-hydrogen) atoms. The average molecular weight is 293 g/mol. The third-order valence-corrected chi connectivity index (χ3v) is 3.60. The Morgan fingerprint density at radius 2 is 2.24 bits per heavy atom. The highest BCUT2D eigenvalue weighted by Gasteiger charge is 2.22. The molecule has 0 spiro atoms. The van der Waals surface area contributed by atoms with Gasteiger partial charge in [0.2, 0.25) is 5.91 Å². The zero-order chi connectivity index (χ0) is 15.2. The summed E-state index contributed by atoms with van der Waals surface area (Å²) in [6, 6.07) is 0.411. The van der Waals surface area contributed by atoms with Crippen molar-refractivity contribution in [3.05, 3.63) is 23.0 Å². The van der Waals surface area contributed by atoms with Crippen LogP contribution in [0.4, 0.5) is 0 Å². The number of hydrogen-bond donors (Lipinski definition) is 4. The molecule has 1 aliphatic rings. The molecular weight excluding hydrogens is 270 g/mol. The van der Waals surface area contributed by atoms with Gasteiger partial charge in [0, 0.05) is 36.3 Å². The van der Waals surface area contributed by atoms with E-state index in [1.807, 2.05) is 0 Å². The molecule has 2 rings (SSSR count). The van der Waals surface area contributed by atoms with Gasteiger partial charge in [0.15, 0.2) is 0 Å². The molecule has 6 nitrogen and oxygen atoms in total. The molecule has 1 aromatic heterocycles. The number of aliphatic hydroxyl groups excluding tert-OH is 1. The quantitative estimate of drug-likeness (QED) is 0.530. The number of nitrogens with one attached hydrogen (secondary N) is 2. The summed E-state index contributed by atoms with van der Waals surface area (Å²) in [6.45, 7) is 2.71. The third-order valence-electron chi connectivity index (χ3n) is 3.60. The van der Waals surface area contributed by atoms with Crippen molar-refractivity contribution < 1.29 is 15.0 Å². The van der Waals surface area contributed by atoms with E-state index in [4.69, 9.17) is 0 Å². The fraction of sp³-hybridized carbons (Fsp3) is 0.600. The molecule has 1 fully saturated rings. The number of hydrogen-bond acceptors (Lipinski definition) is 5. The summed E-state index contributed by atoms with van der Waals surface area (Å²) in [5, 5.41) is 25.4. The van der Waals surface area contributed by atoms with Crippen LogP contribution in [0, 0.1) is 6.92 Å². The maximum absolute atomic E-state index is 11.5. The Balaban J connectivity index is 1.72. The number of aryl methyl sites for hydroxylation is 1. The van der Waals surface area contributed by atoms with Crippen LogP contribution in [0.25, 0.3) is 0 Å². The molecule has 1 heterocycles. The molecule has 1 aliphatic carbocycles. The van der Waals surface area contributed by atoms with E-state index in [2.05, 4.69) is 15.6 Å². The van der Waals surface area contributed by atoms with Crippen molar-refractivity contribution in [2.24, 2.45) is 0 Å². The first kappa shape index (κ1) is 15.7. The molecule has 0 atom stereocenters. The monoisotopic (exact) mass is 293 g/mol. The minimum absolute atomic E-state index is 0.109. The zero-order valence-electron chi connectivity index (χ0n) is 12.4. The van der Waals surface area contributed by atoms with Crippen LogP contribution in [-0.2, 0) is 17.9 Å². The molecule has 116 valence electrons. The summed E-state index contributed by atoms with van der Waals surface area (Å²) < 4.78 is 0. The van der Waals surface area contributed by atoms with E-state index in [0.29, 0.717) is 42.4 Å². The van der Waals surface area contributed by atoms with Gasteiger partial charge in [-0.05, 0) is 32.7 Å². The Morgan fingerprint density at radius 1 is 1.48 bits per heavy atom. The molecule has 0 aromatic carbocycles. The summed E-state index contributed by atoms with van der Waals surface area (Å²) in [4.78, 5) is 15.5. The van der Waals surface area contributed by atoms with Gasteiger partial charge in [0.05, 0.1) is 12.3 Å². The van der Waals surface area contributed by atoms with Crippen LogP contribution in [0.1, 0.15) is 42.5 Å². The topological polar surface area (TPSA) is 94.5 Å². The lowest BCUT2D eigenvalue weighted by molar-refractivity contribution is -0.121. The van der Waals surface area contributed by atoms with E-state index >= 15 is 0 Å². The Hall–Kier alpha value is -1.66. The fourth-order valence-corrected chi connectivity index (χ4v) is 2.13. The van der Waals surface area contributed by atoms with Gasteiger partial charge in [-0.1, -0.05) is 0 Å². The first-order valence-electron chi connectivity index (χ1n) is 7.39. The second-order valence-corrected chi connectivity index (χ2v) is 5.48. The van der Waals surface area contributed by atoms with Crippen LogP contribution in [0.2, 0.25) is 0 Å². The van der Waals surface area contributed by atoms with Crippen LogP contribution in [-0.4, -0.2) is 33.7 Å². The Bertz CT molecular complexity index is 501. The number of rotatable bonds is 8. The molecule has 1 saturated carbocycles. The van der Waals surface area contributed by atoms with Gasteiger partial charge in [-0.3, -0.25) is 9.78 Å². The molecule has 4 N–H and O–H groups in total. The number of pyridine rings is 1. The maximum atomic E-state index is 11.5. The highest BCUT2D eigenvalue weighted by Crippen LogP contribution is 2.23. The molecule has 0 unspecified atom stereocenters. The summed E-state index contributed by atoms with van der Waals surface area (Å²) in [7, 11) is 0. The van der Waals surface area contributed by atoms with Crippen LogP contribution in [0.15, 0.2) is 6.20 Å². The average Bonchev–Trinajstić information content (AvgIpc) is 3.27. The SMILES string of the molecule is Cc1ncc(CO)c(CNCCCC(=O)NC2CC2)c1O. The maximum Gasteiger partial charge on any atom is 0.220 e. The number of carbonyl (C=O) groups is 1. The molecule has 0 saturated heterocycles. The molecule has 1 aromatic rings. The number of amides is 1. The number of aliphatic hydroxyl groups is 1. The van der Waals surface area contributed by atoms with Crippen molar-refractivity contribution in [1.82, 2.24) is 15.6 Å². The van der Waals surface area contributed by atoms with Crippen LogP contribution in [0.3, 0.4) is 0 Å². The first-order chi connectivity index (χ1) is 10.1. The standard InChI is InChI=1S/C15H23N3O3/c1-10-15(21)13(11(9-19)7-17-10)8-16-6-2-3-14(20)18-12-4-5-12/h7,12,16,19,21H,2-6,8-9H2,1H3,(H,18,20). The number of nitrogens with zero attached hydrogens (tertiary/aromatic N) is 1. The Morgan fingerprint density at radius 3 is 2.90 bits per heavy atom. The molecule has 6 heteroatoms. The largest absolute Gasteiger partial charge is 0.506 e. The molecule has 0 bridgehead atoms. The van der Waals surface area contributed by atoms with E-state index in [1.54, 1.807) is 13.1 Å². The lowest BCUT2D eigenvalue weighted by Crippen LogP contribution is -2.26. The van der Waals surface area contributed by atoms with Gasteiger partial charge < -0.3 is 20.8 Å². The van der Waals surface area contributed by atoms with E-state index in [-0.39, 0.29) is 18.3 Å². The van der Waals surface area contributed by atoms with Gasteiger partial charge >= 0.3 is 0 Å². The second-order valence-electron chi connectivity index (χ2n) is 5.48. The number of aromatic hydroxyl groups is 1. The van der Waals surface area contributed by atoms with Gasteiger partial charge in [-0.25, -0.2) is 0 Å². The molecule has 1 amide bonds. The fourth-order valence-electron chi connectivity index (χ4n) is 2.13. The van der Waals surface area contributed by atoms with Crippen molar-refractivity contribution in [1.29, 1.82) is 0 Å². The predicted molar refractivity (Wildman–Crippen MR) is 78.7 cm³/mol. The van der Waals surface area contributed by atoms with Crippen molar-refractivity contribution >= 4 is 5.91 Å². The van der Waals surface area contributed by atoms with Gasteiger partial charge in [-0.15, -0.1) is 0 Å². The third kappa shape index (κ3) is 4.68. The van der Waals surface area contributed by atoms with Crippen molar-refractivity contribution in [3.8, 4) is 5.75 Å². The highest BCUT2D eigenvalue weighted by molar-refractivity contribution is 5.76. The number of aromatic nitrogens is 1. The van der Waals surface area contributed by atoms with Crippen LogP contribution in [0.5, 0.6) is 5.75 Å². The summed E-state index contributed by atoms with van der Waals surface area (Å²) in [6.07, 6.45) is 5.05. The van der Waals surface area contributed by atoms with Crippen molar-refractivity contribution in [3.63, 3.8) is 0 Å². The van der Waals surface area contributed by atoms with E-state index < -0.39 is 0 Å². The minimum Gasteiger partial charge on any atom is -0.506 e. The Labute approximate surface area is 124 Å². The van der Waals surface area contributed by atoms with Crippen molar-refractivity contribution in [2.75, 3.05) is 6.54 Å². The first-order valence-corrected chi connectivity index (χ1v) is 7.39. The van der Waals surface area contributed by atoms with E-state index in [9.17, 15) is 15.0 Å². The predicted octanol–water partition coefficient (Wildman–Crippen LogP) is 0.736. The smallest absolute Gasteiger partial charge is 0.220 e. The lowest BCUT2D eigenvalue weighted by Gasteiger charge is -2.12. The number of carbonyl (C=O) groups excluding carboxylic acids is 1. The Kier molecular flexibility index (Phi) is 5.52. The van der Waals surface area contributed by atoms with E-state index in [0.717, 1.165) is 19.3 Å². The minimum atomic E-state index is -0.151.